The Kier molecular flexibility index (Phi) is 5.53. The van der Waals surface area contributed by atoms with Gasteiger partial charge in [-0.3, -0.25) is 0 Å². The lowest BCUT2D eigenvalue weighted by molar-refractivity contribution is 0.124. The first kappa shape index (κ1) is 20.5. The minimum atomic E-state index is -0.446. The molecule has 8 heteroatoms. The lowest BCUT2D eigenvalue weighted by Gasteiger charge is -2.29. The molecule has 1 aliphatic heterocycles. The smallest absolute Gasteiger partial charge is 0.230 e. The molecule has 0 bridgehead atoms. The Morgan fingerprint density at radius 2 is 1.88 bits per heavy atom. The molecule has 7 nitrogen and oxygen atoms in total. The van der Waals surface area contributed by atoms with Gasteiger partial charge in [0.05, 0.1) is 24.1 Å². The Balaban J connectivity index is 1.47. The number of aromatic nitrogens is 3. The van der Waals surface area contributed by atoms with Gasteiger partial charge in [0.15, 0.2) is 23.1 Å². The summed E-state index contributed by atoms with van der Waals surface area (Å²) in [5, 5.41) is 4.45. The molecule has 0 radical (unpaired) electrons. The first-order chi connectivity index (χ1) is 15.6. The van der Waals surface area contributed by atoms with Crippen molar-refractivity contribution in [2.45, 2.75) is 25.9 Å². The molecule has 0 amide bonds. The third kappa shape index (κ3) is 3.82. The third-order valence-corrected chi connectivity index (χ3v) is 6.08. The average Bonchev–Trinajstić information content (AvgIpc) is 3.31. The zero-order valence-corrected chi connectivity index (χ0v) is 18.0. The monoisotopic (exact) mass is 436 g/mol. The molecule has 32 heavy (non-hydrogen) atoms. The second kappa shape index (κ2) is 8.63. The summed E-state index contributed by atoms with van der Waals surface area (Å²) in [5.74, 6) is 1.55. The zero-order chi connectivity index (χ0) is 22.1. The van der Waals surface area contributed by atoms with Crippen LogP contribution in [-0.4, -0.2) is 41.3 Å². The molecule has 1 atom stereocenters. The molecule has 166 valence electrons. The van der Waals surface area contributed by atoms with E-state index in [0.29, 0.717) is 39.2 Å². The molecule has 1 saturated heterocycles. The Bertz CT molecular complexity index is 1250. The van der Waals surface area contributed by atoms with E-state index < -0.39 is 5.82 Å². The van der Waals surface area contributed by atoms with Crippen LogP contribution in [0.5, 0.6) is 23.1 Å². The Hall–Kier alpha value is -3.39. The predicted octanol–water partition coefficient (Wildman–Crippen LogP) is 4.82. The lowest BCUT2D eigenvalue weighted by atomic mass is 9.93. The van der Waals surface area contributed by atoms with Gasteiger partial charge in [-0.05, 0) is 63.0 Å². The standard InChI is InChI=1S/C24H25FN4O3/c1-14(15-5-8-26-9-6-15)31-22-12-19-17(11-21(22)30-2)24(29-13-28-19)32-20-4-3-18-16(23(20)25)7-10-27-18/h3-4,7,10-15,26-27H,5-6,8-9H2,1-2H3. The summed E-state index contributed by atoms with van der Waals surface area (Å²) >= 11 is 0. The van der Waals surface area contributed by atoms with Gasteiger partial charge in [0.1, 0.15) is 6.33 Å². The number of hydrogen-bond acceptors (Lipinski definition) is 6. The van der Waals surface area contributed by atoms with Crippen molar-refractivity contribution in [1.29, 1.82) is 0 Å². The van der Waals surface area contributed by atoms with Crippen molar-refractivity contribution in [3.05, 3.63) is 48.7 Å². The molecular formula is C24H25FN4O3. The zero-order valence-electron chi connectivity index (χ0n) is 18.0. The van der Waals surface area contributed by atoms with E-state index in [1.54, 1.807) is 37.6 Å². The van der Waals surface area contributed by atoms with Gasteiger partial charge in [-0.1, -0.05) is 0 Å². The molecule has 5 rings (SSSR count). The highest BCUT2D eigenvalue weighted by Gasteiger charge is 2.23. The van der Waals surface area contributed by atoms with Crippen LogP contribution in [0.2, 0.25) is 0 Å². The van der Waals surface area contributed by atoms with Gasteiger partial charge in [-0.15, -0.1) is 0 Å². The molecule has 3 heterocycles. The number of aromatic amines is 1. The summed E-state index contributed by atoms with van der Waals surface area (Å²) in [6.45, 7) is 4.10. The van der Waals surface area contributed by atoms with Crippen molar-refractivity contribution < 1.29 is 18.6 Å². The van der Waals surface area contributed by atoms with Gasteiger partial charge in [-0.25, -0.2) is 14.4 Å². The summed E-state index contributed by atoms with van der Waals surface area (Å²) in [7, 11) is 1.59. The Morgan fingerprint density at radius 1 is 1.03 bits per heavy atom. The summed E-state index contributed by atoms with van der Waals surface area (Å²) in [6.07, 6.45) is 5.29. The van der Waals surface area contributed by atoms with Gasteiger partial charge in [0.25, 0.3) is 0 Å². The quantitative estimate of drug-likeness (QED) is 0.451. The molecule has 2 aromatic carbocycles. The predicted molar refractivity (Wildman–Crippen MR) is 120 cm³/mol. The van der Waals surface area contributed by atoms with E-state index in [0.717, 1.165) is 25.9 Å². The van der Waals surface area contributed by atoms with E-state index in [9.17, 15) is 4.39 Å². The highest BCUT2D eigenvalue weighted by atomic mass is 19.1. The summed E-state index contributed by atoms with van der Waals surface area (Å²) in [4.78, 5) is 11.6. The molecule has 1 fully saturated rings. The number of piperidine rings is 1. The van der Waals surface area contributed by atoms with Crippen LogP contribution in [0.15, 0.2) is 42.9 Å². The second-order valence-electron chi connectivity index (χ2n) is 8.03. The van der Waals surface area contributed by atoms with E-state index in [2.05, 4.69) is 27.2 Å². The SMILES string of the molecule is COc1cc2c(Oc3ccc4[nH]ccc4c3F)ncnc2cc1OC(C)C1CCNCC1. The molecule has 4 aromatic rings. The number of nitrogens with one attached hydrogen (secondary N) is 2. The van der Waals surface area contributed by atoms with Crippen LogP contribution >= 0.6 is 0 Å². The number of nitrogens with zero attached hydrogens (tertiary/aromatic N) is 2. The topological polar surface area (TPSA) is 81.3 Å². The molecule has 1 unspecified atom stereocenters. The van der Waals surface area contributed by atoms with Crippen molar-refractivity contribution in [2.24, 2.45) is 5.92 Å². The van der Waals surface area contributed by atoms with Crippen molar-refractivity contribution in [3.8, 4) is 23.1 Å². The number of rotatable bonds is 6. The van der Waals surface area contributed by atoms with E-state index in [1.165, 1.54) is 6.33 Å². The van der Waals surface area contributed by atoms with Crippen LogP contribution in [0.25, 0.3) is 21.8 Å². The van der Waals surface area contributed by atoms with Crippen LogP contribution in [0, 0.1) is 11.7 Å². The van der Waals surface area contributed by atoms with Gasteiger partial charge >= 0.3 is 0 Å². The van der Waals surface area contributed by atoms with E-state index in [1.807, 2.05) is 6.07 Å². The summed E-state index contributed by atoms with van der Waals surface area (Å²) in [5.41, 5.74) is 1.33. The molecule has 1 aliphatic rings. The number of ether oxygens (including phenoxy) is 3. The Labute approximate surface area is 184 Å². The lowest BCUT2D eigenvalue weighted by Crippen LogP contribution is -2.35. The largest absolute Gasteiger partial charge is 0.493 e. The summed E-state index contributed by atoms with van der Waals surface area (Å²) < 4.78 is 32.6. The number of halogens is 1. The van der Waals surface area contributed by atoms with Crippen molar-refractivity contribution in [3.63, 3.8) is 0 Å². The van der Waals surface area contributed by atoms with Crippen LogP contribution in [0.1, 0.15) is 19.8 Å². The summed E-state index contributed by atoms with van der Waals surface area (Å²) in [6, 6.07) is 8.63. The first-order valence-electron chi connectivity index (χ1n) is 10.8. The van der Waals surface area contributed by atoms with Gasteiger partial charge in [0, 0.05) is 23.2 Å². The highest BCUT2D eigenvalue weighted by Crippen LogP contribution is 2.38. The number of hydrogen-bond donors (Lipinski definition) is 2. The minimum Gasteiger partial charge on any atom is -0.493 e. The van der Waals surface area contributed by atoms with Gasteiger partial charge in [0.2, 0.25) is 5.88 Å². The third-order valence-electron chi connectivity index (χ3n) is 6.08. The molecule has 2 aromatic heterocycles. The van der Waals surface area contributed by atoms with E-state index >= 15 is 0 Å². The maximum atomic E-state index is 14.9. The van der Waals surface area contributed by atoms with Crippen LogP contribution in [-0.2, 0) is 0 Å². The molecule has 0 saturated carbocycles. The van der Waals surface area contributed by atoms with E-state index in [4.69, 9.17) is 14.2 Å². The molecule has 2 N–H and O–H groups in total. The fraction of sp³-hybridized carbons (Fsp3) is 0.333. The maximum absolute atomic E-state index is 14.9. The van der Waals surface area contributed by atoms with Gasteiger partial charge < -0.3 is 24.5 Å². The number of benzene rings is 2. The number of fused-ring (bicyclic) bond motifs is 2. The second-order valence-corrected chi connectivity index (χ2v) is 8.03. The number of methoxy groups -OCH3 is 1. The fourth-order valence-corrected chi connectivity index (χ4v) is 4.24. The van der Waals surface area contributed by atoms with E-state index in [-0.39, 0.29) is 17.7 Å². The maximum Gasteiger partial charge on any atom is 0.230 e. The number of H-pyrrole nitrogens is 1. The first-order valence-corrected chi connectivity index (χ1v) is 10.8. The molecule has 0 aliphatic carbocycles. The average molecular weight is 436 g/mol. The van der Waals surface area contributed by atoms with Crippen molar-refractivity contribution >= 4 is 21.8 Å². The molecular weight excluding hydrogens is 411 g/mol. The van der Waals surface area contributed by atoms with Crippen LogP contribution in [0.4, 0.5) is 4.39 Å². The van der Waals surface area contributed by atoms with Crippen LogP contribution < -0.4 is 19.5 Å². The van der Waals surface area contributed by atoms with Crippen LogP contribution in [0.3, 0.4) is 0 Å². The molecule has 0 spiro atoms. The Morgan fingerprint density at radius 3 is 2.69 bits per heavy atom. The highest BCUT2D eigenvalue weighted by molar-refractivity contribution is 5.87. The van der Waals surface area contributed by atoms with Crippen molar-refractivity contribution in [1.82, 2.24) is 20.3 Å². The minimum absolute atomic E-state index is 0.0446. The normalized spacial score (nSPS) is 15.7. The van der Waals surface area contributed by atoms with Gasteiger partial charge in [-0.2, -0.15) is 0 Å². The fourth-order valence-electron chi connectivity index (χ4n) is 4.24. The van der Waals surface area contributed by atoms with Crippen molar-refractivity contribution in [2.75, 3.05) is 20.2 Å².